The molecule has 2 rings (SSSR count). The number of unbranched alkanes of at least 4 members (excludes halogenated alkanes) is 1. The van der Waals surface area contributed by atoms with Crippen molar-refractivity contribution in [3.05, 3.63) is 48.0 Å². The van der Waals surface area contributed by atoms with E-state index in [0.717, 1.165) is 24.0 Å². The van der Waals surface area contributed by atoms with Gasteiger partial charge in [-0.2, -0.15) is 0 Å². The quantitative estimate of drug-likeness (QED) is 0.241. The van der Waals surface area contributed by atoms with Crippen LogP contribution in [0.2, 0.25) is 0 Å². The van der Waals surface area contributed by atoms with Gasteiger partial charge in [-0.15, -0.1) is 0 Å². The third-order valence-corrected chi connectivity index (χ3v) is 6.23. The number of imide groups is 1. The van der Waals surface area contributed by atoms with E-state index >= 15 is 0 Å². The summed E-state index contributed by atoms with van der Waals surface area (Å²) < 4.78 is 10.9. The number of cyclic esters (lactones) is 1. The second kappa shape index (κ2) is 13.3. The fourth-order valence-electron chi connectivity index (χ4n) is 4.74. The minimum Gasteiger partial charge on any atom is -0.453 e. The Balaban J connectivity index is 2.47. The van der Waals surface area contributed by atoms with Gasteiger partial charge in [-0.1, -0.05) is 44.2 Å². The van der Waals surface area contributed by atoms with Crippen LogP contribution in [0.25, 0.3) is 0 Å². The maximum absolute atomic E-state index is 14.0. The summed E-state index contributed by atoms with van der Waals surface area (Å²) in [5.74, 6) is -3.94. The number of esters is 1. The number of carbonyl (C=O) groups is 5. The van der Waals surface area contributed by atoms with Crippen LogP contribution < -0.4 is 0 Å². The van der Waals surface area contributed by atoms with Crippen LogP contribution in [0.4, 0.5) is 4.79 Å². The number of hydrogen-bond donors (Lipinski definition) is 1. The lowest BCUT2D eigenvalue weighted by atomic mass is 9.85. The Hall–Kier alpha value is -3.33. The Bertz CT molecular complexity index is 1010. The zero-order chi connectivity index (χ0) is 27.8. The molecule has 3 atom stereocenters. The van der Waals surface area contributed by atoms with Gasteiger partial charge in [0, 0.05) is 20.0 Å². The Labute approximate surface area is 217 Å². The van der Waals surface area contributed by atoms with E-state index in [1.807, 2.05) is 13.8 Å². The molecule has 0 bridgehead atoms. The number of carbonyl (C=O) groups excluding carboxylic acids is 5. The highest BCUT2D eigenvalue weighted by Crippen LogP contribution is 2.36. The van der Waals surface area contributed by atoms with Crippen LogP contribution in [-0.2, 0) is 35.1 Å². The molecular formula is C28H37NO8. The molecule has 0 spiro atoms. The molecule has 1 aliphatic heterocycles. The highest BCUT2D eigenvalue weighted by Gasteiger charge is 2.54. The lowest BCUT2D eigenvalue weighted by Crippen LogP contribution is -2.53. The average molecular weight is 516 g/mol. The molecule has 9 nitrogen and oxygen atoms in total. The molecule has 0 aliphatic carbocycles. The van der Waals surface area contributed by atoms with Gasteiger partial charge in [0.1, 0.15) is 5.60 Å². The van der Waals surface area contributed by atoms with E-state index in [9.17, 15) is 24.0 Å². The molecule has 1 heterocycles. The number of allylic oxidation sites excluding steroid dienone is 1. The number of nitrogens with zero attached hydrogens (tertiary/aromatic N) is 1. The number of ketones is 2. The smallest absolute Gasteiger partial charge is 0.417 e. The summed E-state index contributed by atoms with van der Waals surface area (Å²) in [5, 5.41) is 8.88. The second-order valence-electron chi connectivity index (χ2n) is 10.1. The highest BCUT2D eigenvalue weighted by atomic mass is 16.6. The Morgan fingerprint density at radius 3 is 2.32 bits per heavy atom. The van der Waals surface area contributed by atoms with E-state index in [4.69, 9.17) is 14.6 Å². The Morgan fingerprint density at radius 2 is 1.76 bits per heavy atom. The molecule has 2 amide bonds. The molecule has 1 fully saturated rings. The topological polar surface area (TPSA) is 127 Å². The summed E-state index contributed by atoms with van der Waals surface area (Å²) in [7, 11) is 0. The van der Waals surface area contributed by atoms with E-state index in [2.05, 4.69) is 0 Å². The third-order valence-electron chi connectivity index (χ3n) is 6.23. The SMILES string of the molecule is CC(=O)O[C@H](C(=O)C=CC(=O)CCCCO)[C@H](Cc1ccccc1)C(=O)N1C(=O)OC(C)(C)[C@@H]1C(C)C. The molecular weight excluding hydrogens is 478 g/mol. The van der Waals surface area contributed by atoms with Gasteiger partial charge in [0.2, 0.25) is 5.91 Å². The van der Waals surface area contributed by atoms with Gasteiger partial charge in [-0.3, -0.25) is 19.2 Å². The van der Waals surface area contributed by atoms with Gasteiger partial charge in [-0.25, -0.2) is 9.69 Å². The molecule has 37 heavy (non-hydrogen) atoms. The molecule has 1 aliphatic rings. The first-order valence-corrected chi connectivity index (χ1v) is 12.5. The number of amides is 2. The van der Waals surface area contributed by atoms with Crippen molar-refractivity contribution in [2.75, 3.05) is 6.61 Å². The van der Waals surface area contributed by atoms with Crippen molar-refractivity contribution in [1.82, 2.24) is 4.90 Å². The molecule has 1 aromatic rings. The Morgan fingerprint density at radius 1 is 1.11 bits per heavy atom. The van der Waals surface area contributed by atoms with Crippen molar-refractivity contribution in [3.63, 3.8) is 0 Å². The lowest BCUT2D eigenvalue weighted by molar-refractivity contribution is -0.159. The maximum atomic E-state index is 14.0. The Kier molecular flexibility index (Phi) is 10.7. The van der Waals surface area contributed by atoms with Crippen LogP contribution >= 0.6 is 0 Å². The van der Waals surface area contributed by atoms with Gasteiger partial charge in [0.15, 0.2) is 17.7 Å². The summed E-state index contributed by atoms with van der Waals surface area (Å²) in [6.45, 7) is 8.24. The first-order chi connectivity index (χ1) is 17.4. The van der Waals surface area contributed by atoms with Gasteiger partial charge in [0.25, 0.3) is 0 Å². The van der Waals surface area contributed by atoms with Crippen LogP contribution in [0.3, 0.4) is 0 Å². The predicted molar refractivity (Wildman–Crippen MR) is 135 cm³/mol. The van der Waals surface area contributed by atoms with Crippen LogP contribution in [-0.4, -0.2) is 63.9 Å². The number of ether oxygens (including phenoxy) is 2. The summed E-state index contributed by atoms with van der Waals surface area (Å²) in [6.07, 6.45) is 0.773. The van der Waals surface area contributed by atoms with Crippen molar-refractivity contribution in [1.29, 1.82) is 0 Å². The van der Waals surface area contributed by atoms with Crippen molar-refractivity contribution < 1.29 is 38.6 Å². The van der Waals surface area contributed by atoms with E-state index in [1.54, 1.807) is 44.2 Å². The van der Waals surface area contributed by atoms with Crippen molar-refractivity contribution in [2.24, 2.45) is 11.8 Å². The summed E-state index contributed by atoms with van der Waals surface area (Å²) in [5.41, 5.74) is -0.261. The third kappa shape index (κ3) is 8.08. The minimum absolute atomic E-state index is 0.0106. The largest absolute Gasteiger partial charge is 0.453 e. The molecule has 1 N–H and O–H groups in total. The molecule has 9 heteroatoms. The number of benzene rings is 1. The molecule has 0 saturated carbocycles. The lowest BCUT2D eigenvalue weighted by Gasteiger charge is -2.34. The summed E-state index contributed by atoms with van der Waals surface area (Å²) in [4.78, 5) is 65.3. The zero-order valence-electron chi connectivity index (χ0n) is 22.1. The first-order valence-electron chi connectivity index (χ1n) is 12.5. The monoisotopic (exact) mass is 515 g/mol. The normalized spacial score (nSPS) is 18.5. The minimum atomic E-state index is -1.56. The molecule has 0 aromatic heterocycles. The molecule has 202 valence electrons. The molecule has 0 radical (unpaired) electrons. The maximum Gasteiger partial charge on any atom is 0.417 e. The first kappa shape index (κ1) is 29.9. The van der Waals surface area contributed by atoms with Crippen molar-refractivity contribution >= 4 is 29.5 Å². The van der Waals surface area contributed by atoms with E-state index < -0.39 is 47.4 Å². The molecule has 0 unspecified atom stereocenters. The standard InChI is InChI=1S/C28H37NO8/c1-18(2)25-28(4,5)37-27(35)29(25)26(34)22(17-20-11-7-6-8-12-20)24(36-19(3)31)23(33)15-14-21(32)13-9-10-16-30/h6-8,11-12,14-15,18,22,24-25,30H,9-10,13,16-17H2,1-5H3/t22-,24-,25-/m0/s1. The summed E-state index contributed by atoms with van der Waals surface area (Å²) in [6, 6.07) is 8.27. The number of aliphatic hydroxyl groups excluding tert-OH is 1. The van der Waals surface area contributed by atoms with Crippen molar-refractivity contribution in [3.8, 4) is 0 Å². The second-order valence-corrected chi connectivity index (χ2v) is 10.1. The number of hydrogen-bond acceptors (Lipinski definition) is 8. The fourth-order valence-corrected chi connectivity index (χ4v) is 4.74. The van der Waals surface area contributed by atoms with Crippen LogP contribution in [0, 0.1) is 11.8 Å². The van der Waals surface area contributed by atoms with Crippen LogP contribution in [0.5, 0.6) is 0 Å². The average Bonchev–Trinajstić information content (AvgIpc) is 3.08. The van der Waals surface area contributed by atoms with Gasteiger partial charge >= 0.3 is 12.1 Å². The van der Waals surface area contributed by atoms with E-state index in [0.29, 0.717) is 18.4 Å². The fraction of sp³-hybridized carbons (Fsp3) is 0.536. The van der Waals surface area contributed by atoms with Gasteiger partial charge < -0.3 is 14.6 Å². The number of aliphatic hydroxyl groups is 1. The van der Waals surface area contributed by atoms with Gasteiger partial charge in [-0.05, 0) is 56.7 Å². The van der Waals surface area contributed by atoms with Crippen LogP contribution in [0.15, 0.2) is 42.5 Å². The number of rotatable bonds is 13. The molecule has 1 saturated heterocycles. The highest BCUT2D eigenvalue weighted by molar-refractivity contribution is 6.05. The molecule has 1 aromatic carbocycles. The van der Waals surface area contributed by atoms with E-state index in [1.165, 1.54) is 0 Å². The predicted octanol–water partition coefficient (Wildman–Crippen LogP) is 3.42. The van der Waals surface area contributed by atoms with Crippen molar-refractivity contribution in [2.45, 2.75) is 78.0 Å². The zero-order valence-corrected chi connectivity index (χ0v) is 22.1. The summed E-state index contributed by atoms with van der Waals surface area (Å²) >= 11 is 0. The van der Waals surface area contributed by atoms with Crippen LogP contribution in [0.1, 0.15) is 59.4 Å². The van der Waals surface area contributed by atoms with Gasteiger partial charge in [0.05, 0.1) is 12.0 Å². The van der Waals surface area contributed by atoms with E-state index in [-0.39, 0.29) is 31.1 Å².